The lowest BCUT2D eigenvalue weighted by atomic mass is 10.3. The highest BCUT2D eigenvalue weighted by atomic mass is 35.5. The fourth-order valence-corrected chi connectivity index (χ4v) is 2.64. The molecule has 0 bridgehead atoms. The van der Waals surface area contributed by atoms with Crippen LogP contribution in [0.3, 0.4) is 0 Å². The van der Waals surface area contributed by atoms with Gasteiger partial charge in [-0.1, -0.05) is 11.6 Å². The van der Waals surface area contributed by atoms with Crippen molar-refractivity contribution < 1.29 is 21.6 Å². The molecule has 0 unspecified atom stereocenters. The lowest BCUT2D eigenvalue weighted by Gasteiger charge is -2.15. The van der Waals surface area contributed by atoms with Crippen molar-refractivity contribution in [1.82, 2.24) is 4.72 Å². The maximum absolute atomic E-state index is 12.8. The monoisotopic (exact) mass is 338 g/mol. The Bertz CT molecular complexity index is 540. The first-order valence-electron chi connectivity index (χ1n) is 4.70. The number of hydrogen-bond acceptors (Lipinski definition) is 3. The first-order valence-corrected chi connectivity index (χ1v) is 6.57. The van der Waals surface area contributed by atoms with Crippen LogP contribution in [0.2, 0.25) is 5.02 Å². The number of nitrogens with one attached hydrogen (secondary N) is 1. The Labute approximate surface area is 119 Å². The molecule has 3 N–H and O–H groups in total. The van der Waals surface area contributed by atoms with Gasteiger partial charge in [-0.05, 0) is 18.2 Å². The van der Waals surface area contributed by atoms with Crippen molar-refractivity contribution >= 4 is 34.0 Å². The lowest BCUT2D eigenvalue weighted by molar-refractivity contribution is 0.0170. The van der Waals surface area contributed by atoms with Gasteiger partial charge in [-0.15, -0.1) is 12.4 Å². The van der Waals surface area contributed by atoms with Crippen LogP contribution in [-0.4, -0.2) is 27.4 Å². The second kappa shape index (κ2) is 6.76. The topological polar surface area (TPSA) is 72.2 Å². The van der Waals surface area contributed by atoms with Gasteiger partial charge < -0.3 is 5.73 Å². The van der Waals surface area contributed by atoms with Crippen LogP contribution in [0.1, 0.15) is 0 Å². The molecule has 0 heterocycles. The fourth-order valence-electron chi connectivity index (χ4n) is 1.04. The lowest BCUT2D eigenvalue weighted by Crippen LogP contribution is -2.41. The number of rotatable bonds is 5. The van der Waals surface area contributed by atoms with Gasteiger partial charge in [0.1, 0.15) is 10.7 Å². The third-order valence-corrected chi connectivity index (χ3v) is 3.89. The predicted molar refractivity (Wildman–Crippen MR) is 67.8 cm³/mol. The maximum atomic E-state index is 12.8. The third kappa shape index (κ3) is 5.15. The summed E-state index contributed by atoms with van der Waals surface area (Å²) < 4.78 is 63.3. The minimum Gasteiger partial charge on any atom is -0.325 e. The van der Waals surface area contributed by atoms with E-state index in [4.69, 9.17) is 17.3 Å². The number of nitrogens with two attached hydrogens (primary N) is 1. The van der Waals surface area contributed by atoms with E-state index in [1.165, 1.54) is 0 Å². The van der Waals surface area contributed by atoms with Gasteiger partial charge in [0.05, 0.1) is 18.1 Å². The summed E-state index contributed by atoms with van der Waals surface area (Å²) >= 11 is 5.53. The Kier molecular flexibility index (Phi) is 6.56. The Morgan fingerprint density at radius 1 is 1.37 bits per heavy atom. The second-order valence-corrected chi connectivity index (χ2v) is 5.60. The van der Waals surface area contributed by atoms with Gasteiger partial charge >= 0.3 is 0 Å². The summed E-state index contributed by atoms with van der Waals surface area (Å²) in [6, 6.07) is 2.53. The molecule has 0 atom stereocenters. The summed E-state index contributed by atoms with van der Waals surface area (Å²) in [6.07, 6.45) is 0. The van der Waals surface area contributed by atoms with Crippen molar-refractivity contribution in [2.24, 2.45) is 5.73 Å². The van der Waals surface area contributed by atoms with Crippen molar-refractivity contribution in [3.05, 3.63) is 29.0 Å². The standard InChI is InChI=1S/C9H10ClF3N2O2S.ClH/c10-7-3-6(11)1-2-8(7)18(16,17)15-5-9(12,13)4-14;/h1-3,15H,4-5,14H2;1H. The molecule has 1 rings (SSSR count). The highest BCUT2D eigenvalue weighted by Gasteiger charge is 2.30. The van der Waals surface area contributed by atoms with E-state index >= 15 is 0 Å². The molecule has 0 amide bonds. The summed E-state index contributed by atoms with van der Waals surface area (Å²) in [6.45, 7) is -2.15. The Morgan fingerprint density at radius 2 is 1.95 bits per heavy atom. The summed E-state index contributed by atoms with van der Waals surface area (Å²) in [5.41, 5.74) is 4.76. The molecule has 0 radical (unpaired) electrons. The van der Waals surface area contributed by atoms with Crippen molar-refractivity contribution in [3.63, 3.8) is 0 Å². The fraction of sp³-hybridized carbons (Fsp3) is 0.333. The average Bonchev–Trinajstić information content (AvgIpc) is 2.26. The van der Waals surface area contributed by atoms with Gasteiger partial charge in [0.2, 0.25) is 10.0 Å². The van der Waals surface area contributed by atoms with E-state index in [-0.39, 0.29) is 12.4 Å². The van der Waals surface area contributed by atoms with Crippen LogP contribution in [0.25, 0.3) is 0 Å². The highest BCUT2D eigenvalue weighted by molar-refractivity contribution is 7.89. The van der Waals surface area contributed by atoms with Gasteiger partial charge in [0.25, 0.3) is 5.92 Å². The SMILES string of the molecule is Cl.NCC(F)(F)CNS(=O)(=O)c1ccc(F)cc1Cl. The Hall–Kier alpha value is -0.540. The van der Waals surface area contributed by atoms with E-state index < -0.39 is 44.8 Å². The average molecular weight is 339 g/mol. The number of alkyl halides is 2. The van der Waals surface area contributed by atoms with Crippen LogP contribution < -0.4 is 10.5 Å². The number of hydrogen-bond donors (Lipinski definition) is 2. The zero-order valence-corrected chi connectivity index (χ0v) is 11.8. The second-order valence-electron chi connectivity index (χ2n) is 3.46. The number of benzene rings is 1. The van der Waals surface area contributed by atoms with E-state index in [0.29, 0.717) is 0 Å². The summed E-state index contributed by atoms with van der Waals surface area (Å²) in [4.78, 5) is -0.474. The summed E-state index contributed by atoms with van der Waals surface area (Å²) in [7, 11) is -4.24. The molecule has 0 saturated carbocycles. The molecule has 0 aliphatic heterocycles. The van der Waals surface area contributed by atoms with Crippen LogP contribution in [0.15, 0.2) is 23.1 Å². The molecule has 0 aliphatic carbocycles. The van der Waals surface area contributed by atoms with Crippen molar-refractivity contribution in [2.75, 3.05) is 13.1 Å². The third-order valence-electron chi connectivity index (χ3n) is 2.00. The van der Waals surface area contributed by atoms with Crippen LogP contribution in [0, 0.1) is 5.82 Å². The molecule has 1 aromatic carbocycles. The van der Waals surface area contributed by atoms with E-state index in [0.717, 1.165) is 18.2 Å². The molecule has 1 aromatic rings. The summed E-state index contributed by atoms with van der Waals surface area (Å²) in [5, 5.41) is -0.390. The molecule has 0 fully saturated rings. The zero-order chi connectivity index (χ0) is 14.0. The van der Waals surface area contributed by atoms with Crippen molar-refractivity contribution in [1.29, 1.82) is 0 Å². The van der Waals surface area contributed by atoms with E-state index in [9.17, 15) is 21.6 Å². The van der Waals surface area contributed by atoms with Gasteiger partial charge in [0, 0.05) is 0 Å². The van der Waals surface area contributed by atoms with E-state index in [2.05, 4.69) is 0 Å². The minimum atomic E-state index is -4.24. The molecule has 0 spiro atoms. The van der Waals surface area contributed by atoms with Crippen LogP contribution >= 0.6 is 24.0 Å². The smallest absolute Gasteiger partial charge is 0.273 e. The molecular formula is C9H11Cl2F3N2O2S. The molecule has 19 heavy (non-hydrogen) atoms. The predicted octanol–water partition coefficient (Wildman–Crippen LogP) is 1.77. The molecule has 0 aromatic heterocycles. The van der Waals surface area contributed by atoms with Crippen LogP contribution in [-0.2, 0) is 10.0 Å². The van der Waals surface area contributed by atoms with Crippen molar-refractivity contribution in [3.8, 4) is 0 Å². The normalized spacial score (nSPS) is 12.1. The van der Waals surface area contributed by atoms with E-state index in [1.807, 2.05) is 0 Å². The molecular weight excluding hydrogens is 328 g/mol. The van der Waals surface area contributed by atoms with Gasteiger partial charge in [-0.3, -0.25) is 0 Å². The van der Waals surface area contributed by atoms with Gasteiger partial charge in [-0.2, -0.15) is 0 Å². The van der Waals surface area contributed by atoms with Crippen molar-refractivity contribution in [2.45, 2.75) is 10.8 Å². The molecule has 4 nitrogen and oxygen atoms in total. The number of halogens is 5. The first-order chi connectivity index (χ1) is 8.18. The van der Waals surface area contributed by atoms with E-state index in [1.54, 1.807) is 4.72 Å². The van der Waals surface area contributed by atoms with Gasteiger partial charge in [0.15, 0.2) is 0 Å². The molecule has 110 valence electrons. The zero-order valence-electron chi connectivity index (χ0n) is 9.37. The Morgan fingerprint density at radius 3 is 2.42 bits per heavy atom. The molecule has 10 heteroatoms. The first kappa shape index (κ1) is 18.5. The largest absolute Gasteiger partial charge is 0.325 e. The Balaban J connectivity index is 0.00000324. The van der Waals surface area contributed by atoms with Crippen LogP contribution in [0.5, 0.6) is 0 Å². The molecule has 0 saturated heterocycles. The maximum Gasteiger partial charge on any atom is 0.273 e. The minimum absolute atomic E-state index is 0. The summed E-state index contributed by atoms with van der Waals surface area (Å²) in [5.74, 6) is -4.09. The number of sulfonamides is 1. The highest BCUT2D eigenvalue weighted by Crippen LogP contribution is 2.22. The van der Waals surface area contributed by atoms with Crippen LogP contribution in [0.4, 0.5) is 13.2 Å². The molecule has 0 aliphatic rings. The van der Waals surface area contributed by atoms with Gasteiger partial charge in [-0.25, -0.2) is 26.3 Å². The quantitative estimate of drug-likeness (QED) is 0.859.